The molecule has 0 amide bonds. The summed E-state index contributed by atoms with van der Waals surface area (Å²) in [4.78, 5) is 11.0. The van der Waals surface area contributed by atoms with Gasteiger partial charge in [0.15, 0.2) is 0 Å². The van der Waals surface area contributed by atoms with Crippen LogP contribution in [0.4, 0.5) is 0 Å². The number of carboxylic acids is 1. The minimum Gasteiger partial charge on any atom is -0.477 e. The van der Waals surface area contributed by atoms with E-state index in [2.05, 4.69) is 0 Å². The molecule has 1 aromatic heterocycles. The fraction of sp³-hybridized carbons (Fsp3) is 0.643. The van der Waals surface area contributed by atoms with E-state index in [1.54, 1.807) is 0 Å². The molecule has 0 unspecified atom stereocenters. The Balaban J connectivity index is 1.75. The SMILES string of the molecule is O=C(O)c1ccc(S(=O)(=O)N2CCC3(CCCC3)CC2)s1. The second-order valence-corrected chi connectivity index (χ2v) is 9.28. The average molecular weight is 329 g/mol. The summed E-state index contributed by atoms with van der Waals surface area (Å²) in [6, 6.07) is 2.77. The van der Waals surface area contributed by atoms with Gasteiger partial charge in [-0.05, 0) is 43.2 Å². The molecular formula is C14H19NO4S2. The van der Waals surface area contributed by atoms with E-state index in [-0.39, 0.29) is 9.09 Å². The number of carbonyl (C=O) groups is 1. The van der Waals surface area contributed by atoms with Gasteiger partial charge in [-0.1, -0.05) is 12.8 Å². The number of rotatable bonds is 3. The van der Waals surface area contributed by atoms with Gasteiger partial charge in [0.1, 0.15) is 9.09 Å². The number of aromatic carboxylic acids is 1. The van der Waals surface area contributed by atoms with Crippen LogP contribution in [0.5, 0.6) is 0 Å². The highest BCUT2D eigenvalue weighted by Crippen LogP contribution is 2.46. The van der Waals surface area contributed by atoms with Gasteiger partial charge in [0.2, 0.25) is 0 Å². The molecule has 7 heteroatoms. The third kappa shape index (κ3) is 2.74. The Hall–Kier alpha value is -0.920. The van der Waals surface area contributed by atoms with Crippen LogP contribution in [0.3, 0.4) is 0 Å². The third-order valence-electron chi connectivity index (χ3n) is 4.83. The van der Waals surface area contributed by atoms with Gasteiger partial charge in [-0.2, -0.15) is 4.31 Å². The number of sulfonamides is 1. The van der Waals surface area contributed by atoms with Crippen LogP contribution in [0.2, 0.25) is 0 Å². The van der Waals surface area contributed by atoms with Crippen molar-refractivity contribution >= 4 is 27.3 Å². The third-order valence-corrected chi connectivity index (χ3v) is 8.27. The fourth-order valence-electron chi connectivity index (χ4n) is 3.53. The summed E-state index contributed by atoms with van der Waals surface area (Å²) in [5.74, 6) is -1.08. The van der Waals surface area contributed by atoms with Crippen molar-refractivity contribution in [3.8, 4) is 0 Å². The maximum absolute atomic E-state index is 12.6. The quantitative estimate of drug-likeness (QED) is 0.925. The Labute approximate surface area is 128 Å². The number of hydrogen-bond donors (Lipinski definition) is 1. The molecule has 1 aliphatic heterocycles. The first-order valence-electron chi connectivity index (χ1n) is 7.26. The van der Waals surface area contributed by atoms with E-state index >= 15 is 0 Å². The monoisotopic (exact) mass is 329 g/mol. The maximum atomic E-state index is 12.6. The van der Waals surface area contributed by atoms with E-state index in [0.717, 1.165) is 24.2 Å². The van der Waals surface area contributed by atoms with Crippen molar-refractivity contribution in [1.82, 2.24) is 4.31 Å². The van der Waals surface area contributed by atoms with Gasteiger partial charge in [-0.15, -0.1) is 11.3 Å². The molecule has 5 nitrogen and oxygen atoms in total. The highest BCUT2D eigenvalue weighted by atomic mass is 32.2. The molecule has 0 atom stereocenters. The van der Waals surface area contributed by atoms with E-state index < -0.39 is 16.0 Å². The number of piperidine rings is 1. The molecule has 21 heavy (non-hydrogen) atoms. The largest absolute Gasteiger partial charge is 0.477 e. The molecule has 0 radical (unpaired) electrons. The van der Waals surface area contributed by atoms with E-state index in [1.807, 2.05) is 0 Å². The zero-order chi connectivity index (χ0) is 15.1. The topological polar surface area (TPSA) is 74.7 Å². The number of hydrogen-bond acceptors (Lipinski definition) is 4. The van der Waals surface area contributed by atoms with Crippen molar-refractivity contribution in [2.24, 2.45) is 5.41 Å². The Kier molecular flexibility index (Phi) is 3.83. The lowest BCUT2D eigenvalue weighted by Gasteiger charge is -2.38. The second-order valence-electron chi connectivity index (χ2n) is 6.04. The van der Waals surface area contributed by atoms with Gasteiger partial charge in [-0.3, -0.25) is 0 Å². The highest BCUT2D eigenvalue weighted by Gasteiger charge is 2.40. The Bertz CT molecular complexity index is 634. The molecule has 3 rings (SSSR count). The molecule has 1 aliphatic carbocycles. The van der Waals surface area contributed by atoms with Gasteiger partial charge in [-0.25, -0.2) is 13.2 Å². The predicted molar refractivity (Wildman–Crippen MR) is 80.2 cm³/mol. The predicted octanol–water partition coefficient (Wildman–Crippen LogP) is 2.79. The molecule has 0 aromatic carbocycles. The van der Waals surface area contributed by atoms with Crippen molar-refractivity contribution in [3.05, 3.63) is 17.0 Å². The number of thiophene rings is 1. The molecule has 0 bridgehead atoms. The van der Waals surface area contributed by atoms with Gasteiger partial charge in [0.25, 0.3) is 10.0 Å². The van der Waals surface area contributed by atoms with Crippen LogP contribution in [0, 0.1) is 5.41 Å². The zero-order valence-electron chi connectivity index (χ0n) is 11.7. The first kappa shape index (κ1) is 15.0. The van der Waals surface area contributed by atoms with Crippen LogP contribution >= 0.6 is 11.3 Å². The average Bonchev–Trinajstić information content (AvgIpc) is 3.09. The fourth-order valence-corrected chi connectivity index (χ4v) is 6.27. The summed E-state index contributed by atoms with van der Waals surface area (Å²) < 4.78 is 26.8. The standard InChI is InChI=1S/C14H19NO4S2/c16-13(17)11-3-4-12(20-11)21(18,19)15-9-7-14(8-10-15)5-1-2-6-14/h3-4H,1-2,5-10H2,(H,16,17). The van der Waals surface area contributed by atoms with Gasteiger partial charge in [0, 0.05) is 13.1 Å². The lowest BCUT2D eigenvalue weighted by Crippen LogP contribution is -2.41. The van der Waals surface area contributed by atoms with Crippen LogP contribution in [-0.2, 0) is 10.0 Å². The summed E-state index contributed by atoms with van der Waals surface area (Å²) >= 11 is 0.836. The van der Waals surface area contributed by atoms with Crippen LogP contribution in [0.25, 0.3) is 0 Å². The summed E-state index contributed by atoms with van der Waals surface area (Å²) in [5.41, 5.74) is 0.369. The molecule has 1 saturated heterocycles. The lowest BCUT2D eigenvalue weighted by atomic mass is 9.78. The lowest BCUT2D eigenvalue weighted by molar-refractivity contribution is 0.0702. The van der Waals surface area contributed by atoms with Crippen LogP contribution in [0.15, 0.2) is 16.3 Å². The minimum atomic E-state index is -3.53. The molecular weight excluding hydrogens is 310 g/mol. The van der Waals surface area contributed by atoms with E-state index in [1.165, 1.54) is 42.1 Å². The summed E-state index contributed by atoms with van der Waals surface area (Å²) in [6.45, 7) is 1.12. The summed E-state index contributed by atoms with van der Waals surface area (Å²) in [6.07, 6.45) is 6.85. The Morgan fingerprint density at radius 1 is 1.14 bits per heavy atom. The second kappa shape index (κ2) is 5.37. The normalized spacial score (nSPS) is 22.7. The number of nitrogens with zero attached hydrogens (tertiary/aromatic N) is 1. The van der Waals surface area contributed by atoms with Crippen molar-refractivity contribution in [2.45, 2.75) is 42.7 Å². The molecule has 2 aliphatic rings. The molecule has 1 saturated carbocycles. The molecule has 2 heterocycles. The molecule has 116 valence electrons. The zero-order valence-corrected chi connectivity index (χ0v) is 13.4. The first-order chi connectivity index (χ1) is 9.93. The van der Waals surface area contributed by atoms with Gasteiger partial charge in [0.05, 0.1) is 0 Å². The van der Waals surface area contributed by atoms with Crippen LogP contribution in [-0.4, -0.2) is 36.9 Å². The van der Waals surface area contributed by atoms with Crippen LogP contribution < -0.4 is 0 Å². The van der Waals surface area contributed by atoms with E-state index in [9.17, 15) is 13.2 Å². The molecule has 1 spiro atoms. The van der Waals surface area contributed by atoms with Gasteiger partial charge >= 0.3 is 5.97 Å². The van der Waals surface area contributed by atoms with E-state index in [0.29, 0.717) is 18.5 Å². The Morgan fingerprint density at radius 2 is 1.76 bits per heavy atom. The first-order valence-corrected chi connectivity index (χ1v) is 9.52. The van der Waals surface area contributed by atoms with Crippen molar-refractivity contribution in [3.63, 3.8) is 0 Å². The smallest absolute Gasteiger partial charge is 0.345 e. The van der Waals surface area contributed by atoms with Gasteiger partial charge < -0.3 is 5.11 Å². The van der Waals surface area contributed by atoms with Crippen molar-refractivity contribution in [2.75, 3.05) is 13.1 Å². The molecule has 1 aromatic rings. The number of carboxylic acid groups (broad SMARTS) is 1. The summed E-state index contributed by atoms with van der Waals surface area (Å²) in [7, 11) is -3.53. The highest BCUT2D eigenvalue weighted by molar-refractivity contribution is 7.91. The Morgan fingerprint density at radius 3 is 2.29 bits per heavy atom. The minimum absolute atomic E-state index is 0.0675. The van der Waals surface area contributed by atoms with Crippen LogP contribution in [0.1, 0.15) is 48.2 Å². The molecule has 1 N–H and O–H groups in total. The van der Waals surface area contributed by atoms with Crippen molar-refractivity contribution < 1.29 is 18.3 Å². The molecule has 2 fully saturated rings. The van der Waals surface area contributed by atoms with Crippen molar-refractivity contribution in [1.29, 1.82) is 0 Å². The van der Waals surface area contributed by atoms with E-state index in [4.69, 9.17) is 5.11 Å². The maximum Gasteiger partial charge on any atom is 0.345 e. The summed E-state index contributed by atoms with van der Waals surface area (Å²) in [5, 5.41) is 8.92.